The molecule has 0 aliphatic rings. The fourth-order valence-corrected chi connectivity index (χ4v) is 5.10. The van der Waals surface area contributed by atoms with Gasteiger partial charge in [-0.1, -0.05) is 48.5 Å². The summed E-state index contributed by atoms with van der Waals surface area (Å²) in [5, 5.41) is 20.7. The lowest BCUT2D eigenvalue weighted by molar-refractivity contribution is -0.139. The van der Waals surface area contributed by atoms with Crippen LogP contribution < -0.4 is 9.47 Å². The molecule has 0 unspecified atom stereocenters. The van der Waals surface area contributed by atoms with Gasteiger partial charge in [-0.3, -0.25) is 0 Å². The third kappa shape index (κ3) is 4.76. The summed E-state index contributed by atoms with van der Waals surface area (Å²) in [5.74, 6) is -1.75. The number of hydrogen-bond acceptors (Lipinski definition) is 5. The van der Waals surface area contributed by atoms with Gasteiger partial charge in [0.25, 0.3) is 0 Å². The van der Waals surface area contributed by atoms with Gasteiger partial charge in [-0.25, -0.2) is 9.59 Å². The van der Waals surface area contributed by atoms with Gasteiger partial charge in [-0.05, 0) is 56.0 Å². The number of fused-ring (bicyclic) bond motifs is 1. The SMILES string of the molecule is O=C(O)COc1c(C(=O)O)sc(-c2cccc(OCc3ccc4ccccc4c3)c2)c1Br. The first-order valence-electron chi connectivity index (χ1n) is 9.53. The minimum atomic E-state index is -1.19. The van der Waals surface area contributed by atoms with Gasteiger partial charge < -0.3 is 19.7 Å². The Morgan fingerprint density at radius 1 is 0.906 bits per heavy atom. The van der Waals surface area contributed by atoms with Crippen LogP contribution in [0.3, 0.4) is 0 Å². The van der Waals surface area contributed by atoms with E-state index in [-0.39, 0.29) is 10.6 Å². The van der Waals surface area contributed by atoms with E-state index in [1.165, 1.54) is 0 Å². The van der Waals surface area contributed by atoms with Crippen molar-refractivity contribution in [3.63, 3.8) is 0 Å². The molecule has 3 aromatic carbocycles. The molecule has 1 aromatic heterocycles. The molecule has 0 atom stereocenters. The molecule has 0 saturated heterocycles. The van der Waals surface area contributed by atoms with Crippen LogP contribution in [0.1, 0.15) is 15.2 Å². The van der Waals surface area contributed by atoms with Gasteiger partial charge in [-0.15, -0.1) is 11.3 Å². The average Bonchev–Trinajstić information content (AvgIpc) is 3.13. The Kier molecular flexibility index (Phi) is 6.43. The van der Waals surface area contributed by atoms with Crippen molar-refractivity contribution >= 4 is 50.0 Å². The number of rotatable bonds is 8. The maximum Gasteiger partial charge on any atom is 0.349 e. The lowest BCUT2D eigenvalue weighted by Crippen LogP contribution is -2.11. The molecule has 0 amide bonds. The maximum absolute atomic E-state index is 11.6. The largest absolute Gasteiger partial charge is 0.489 e. The van der Waals surface area contributed by atoms with Crippen molar-refractivity contribution in [3.8, 4) is 21.9 Å². The Balaban J connectivity index is 1.57. The second-order valence-corrected chi connectivity index (χ2v) is 8.70. The monoisotopic (exact) mass is 512 g/mol. The number of benzene rings is 3. The first-order chi connectivity index (χ1) is 15.4. The van der Waals surface area contributed by atoms with E-state index in [1.54, 1.807) is 0 Å². The van der Waals surface area contributed by atoms with Crippen LogP contribution in [0, 0.1) is 0 Å². The Morgan fingerprint density at radius 2 is 1.69 bits per heavy atom. The molecule has 4 rings (SSSR count). The summed E-state index contributed by atoms with van der Waals surface area (Å²) in [6, 6.07) is 21.5. The summed E-state index contributed by atoms with van der Waals surface area (Å²) in [6.07, 6.45) is 0. The van der Waals surface area contributed by atoms with E-state index >= 15 is 0 Å². The molecule has 2 N–H and O–H groups in total. The first kappa shape index (κ1) is 21.9. The molecule has 0 bridgehead atoms. The van der Waals surface area contributed by atoms with Crippen molar-refractivity contribution in [3.05, 3.63) is 81.6 Å². The summed E-state index contributed by atoms with van der Waals surface area (Å²) in [5.41, 5.74) is 1.76. The van der Waals surface area contributed by atoms with Crippen LogP contribution in [0.4, 0.5) is 0 Å². The van der Waals surface area contributed by atoms with Gasteiger partial charge in [0.2, 0.25) is 0 Å². The number of carboxylic acid groups (broad SMARTS) is 2. The zero-order valence-electron chi connectivity index (χ0n) is 16.6. The molecule has 0 fully saturated rings. The summed E-state index contributed by atoms with van der Waals surface area (Å²) in [4.78, 5) is 23.0. The minimum absolute atomic E-state index is 0.00221. The predicted octanol–water partition coefficient (Wildman–Crippen LogP) is 6.07. The topological polar surface area (TPSA) is 93.1 Å². The first-order valence-corrected chi connectivity index (χ1v) is 11.1. The van der Waals surface area contributed by atoms with Crippen LogP contribution in [0.15, 0.2) is 71.2 Å². The number of aliphatic carboxylic acids is 1. The van der Waals surface area contributed by atoms with E-state index in [0.717, 1.165) is 33.2 Å². The van der Waals surface area contributed by atoms with Crippen molar-refractivity contribution in [2.24, 2.45) is 0 Å². The number of carbonyl (C=O) groups is 2. The fourth-order valence-electron chi connectivity index (χ4n) is 3.21. The van der Waals surface area contributed by atoms with E-state index in [2.05, 4.69) is 40.2 Å². The summed E-state index contributed by atoms with van der Waals surface area (Å²) >= 11 is 4.37. The molecule has 6 nitrogen and oxygen atoms in total. The van der Waals surface area contributed by atoms with Gasteiger partial charge in [0.1, 0.15) is 12.4 Å². The summed E-state index contributed by atoms with van der Waals surface area (Å²) in [7, 11) is 0. The predicted molar refractivity (Wildman–Crippen MR) is 126 cm³/mol. The third-order valence-electron chi connectivity index (χ3n) is 4.66. The molecule has 162 valence electrons. The Morgan fingerprint density at radius 3 is 2.44 bits per heavy atom. The molecule has 0 radical (unpaired) electrons. The fraction of sp³-hybridized carbons (Fsp3) is 0.0833. The molecular weight excluding hydrogens is 496 g/mol. The van der Waals surface area contributed by atoms with E-state index in [4.69, 9.17) is 14.6 Å². The second kappa shape index (κ2) is 9.42. The lowest BCUT2D eigenvalue weighted by Gasteiger charge is -2.09. The molecular formula is C24H17BrO6S. The van der Waals surface area contributed by atoms with Crippen LogP contribution in [-0.4, -0.2) is 28.8 Å². The zero-order chi connectivity index (χ0) is 22.7. The van der Waals surface area contributed by atoms with Crippen LogP contribution in [0.2, 0.25) is 0 Å². The van der Waals surface area contributed by atoms with Gasteiger partial charge in [0, 0.05) is 0 Å². The van der Waals surface area contributed by atoms with Gasteiger partial charge >= 0.3 is 11.9 Å². The van der Waals surface area contributed by atoms with E-state index < -0.39 is 18.5 Å². The number of ether oxygens (including phenoxy) is 2. The maximum atomic E-state index is 11.6. The highest BCUT2D eigenvalue weighted by Crippen LogP contribution is 2.46. The number of halogens is 1. The number of hydrogen-bond donors (Lipinski definition) is 2. The number of aromatic carboxylic acids is 1. The van der Waals surface area contributed by atoms with Crippen molar-refractivity contribution < 1.29 is 29.3 Å². The highest BCUT2D eigenvalue weighted by atomic mass is 79.9. The summed E-state index contributed by atoms with van der Waals surface area (Å²) < 4.78 is 11.6. The molecule has 0 aliphatic heterocycles. The Hall–Kier alpha value is -3.36. The smallest absolute Gasteiger partial charge is 0.349 e. The molecule has 0 aliphatic carbocycles. The standard InChI is InChI=1S/C24H17BrO6S/c25-20-21(31-13-19(26)27)23(24(28)29)32-22(20)17-6-3-7-18(11-17)30-12-14-8-9-15-4-1-2-5-16(15)10-14/h1-11H,12-13H2,(H,26,27)(H,28,29). The van der Waals surface area contributed by atoms with Crippen LogP contribution in [0.5, 0.6) is 11.5 Å². The van der Waals surface area contributed by atoms with Crippen LogP contribution in [-0.2, 0) is 11.4 Å². The van der Waals surface area contributed by atoms with Gasteiger partial charge in [-0.2, -0.15) is 0 Å². The normalized spacial score (nSPS) is 10.8. The minimum Gasteiger partial charge on any atom is -0.489 e. The van der Waals surface area contributed by atoms with Crippen molar-refractivity contribution in [2.45, 2.75) is 6.61 Å². The molecule has 1 heterocycles. The van der Waals surface area contributed by atoms with Crippen molar-refractivity contribution in [1.82, 2.24) is 0 Å². The highest BCUT2D eigenvalue weighted by Gasteiger charge is 2.24. The van der Waals surface area contributed by atoms with Gasteiger partial charge in [0.05, 0.1) is 9.35 Å². The van der Waals surface area contributed by atoms with Crippen LogP contribution >= 0.6 is 27.3 Å². The quantitative estimate of drug-likeness (QED) is 0.297. The number of thiophene rings is 1. The van der Waals surface area contributed by atoms with Crippen LogP contribution in [0.25, 0.3) is 21.2 Å². The Labute approximate surface area is 195 Å². The third-order valence-corrected chi connectivity index (χ3v) is 6.89. The zero-order valence-corrected chi connectivity index (χ0v) is 19.0. The molecule has 8 heteroatoms. The molecule has 0 spiro atoms. The van der Waals surface area contributed by atoms with E-state index in [0.29, 0.717) is 21.7 Å². The van der Waals surface area contributed by atoms with Crippen molar-refractivity contribution in [1.29, 1.82) is 0 Å². The van der Waals surface area contributed by atoms with E-state index in [9.17, 15) is 14.7 Å². The summed E-state index contributed by atoms with van der Waals surface area (Å²) in [6.45, 7) is -0.253. The number of carboxylic acids is 2. The lowest BCUT2D eigenvalue weighted by atomic mass is 10.1. The van der Waals surface area contributed by atoms with E-state index in [1.807, 2.05) is 42.5 Å². The van der Waals surface area contributed by atoms with Crippen molar-refractivity contribution in [2.75, 3.05) is 6.61 Å². The Bertz CT molecular complexity index is 1310. The highest BCUT2D eigenvalue weighted by molar-refractivity contribution is 9.10. The average molecular weight is 513 g/mol. The molecule has 32 heavy (non-hydrogen) atoms. The molecule has 0 saturated carbocycles. The molecule has 4 aromatic rings. The second-order valence-electron chi connectivity index (χ2n) is 6.89. The van der Waals surface area contributed by atoms with Gasteiger partial charge in [0.15, 0.2) is 17.2 Å².